The van der Waals surface area contributed by atoms with Crippen molar-refractivity contribution in [1.29, 1.82) is 0 Å². The van der Waals surface area contributed by atoms with Crippen molar-refractivity contribution in [2.75, 3.05) is 26.3 Å². The van der Waals surface area contributed by atoms with E-state index in [1.54, 1.807) is 30.0 Å². The number of aromatic nitrogens is 5. The van der Waals surface area contributed by atoms with Crippen LogP contribution in [0.3, 0.4) is 0 Å². The van der Waals surface area contributed by atoms with Crippen LogP contribution in [0.5, 0.6) is 0 Å². The molecule has 0 N–H and O–H groups in total. The van der Waals surface area contributed by atoms with E-state index in [1.807, 2.05) is 18.3 Å². The molecule has 6 rings (SSSR count). The van der Waals surface area contributed by atoms with Gasteiger partial charge in [0.05, 0.1) is 23.8 Å². The smallest absolute Gasteiger partial charge is 0.243 e. The number of aryl methyl sites for hydroxylation is 1. The van der Waals surface area contributed by atoms with Gasteiger partial charge in [-0.15, -0.1) is 10.2 Å². The van der Waals surface area contributed by atoms with Gasteiger partial charge in [0.1, 0.15) is 5.65 Å². The Bertz CT molecular complexity index is 1520. The number of hydrogen-bond acceptors (Lipinski definition) is 7. The Morgan fingerprint density at radius 1 is 1.08 bits per heavy atom. The van der Waals surface area contributed by atoms with Crippen LogP contribution in [0.25, 0.3) is 17.0 Å². The molecule has 0 amide bonds. The molecule has 0 radical (unpaired) electrons. The van der Waals surface area contributed by atoms with Gasteiger partial charge < -0.3 is 9.14 Å². The number of pyridine rings is 1. The van der Waals surface area contributed by atoms with Gasteiger partial charge in [-0.3, -0.25) is 4.57 Å². The third kappa shape index (κ3) is 4.81. The molecule has 2 aliphatic rings. The van der Waals surface area contributed by atoms with E-state index in [-0.39, 0.29) is 4.90 Å². The van der Waals surface area contributed by atoms with Crippen LogP contribution in [-0.4, -0.2) is 63.2 Å². The number of fused-ring (bicyclic) bond motifs is 1. The first kappa shape index (κ1) is 24.6. The number of hydrogen-bond donors (Lipinski definition) is 0. The first-order valence-electron chi connectivity index (χ1n) is 12.7. The monoisotopic (exact) mass is 538 g/mol. The highest BCUT2D eigenvalue weighted by molar-refractivity contribution is 7.98. The summed E-state index contributed by atoms with van der Waals surface area (Å²) in [7, 11) is -3.60. The van der Waals surface area contributed by atoms with E-state index in [2.05, 4.69) is 38.4 Å². The normalized spacial score (nSPS) is 17.6. The van der Waals surface area contributed by atoms with Gasteiger partial charge in [-0.05, 0) is 43.5 Å². The van der Waals surface area contributed by atoms with E-state index < -0.39 is 10.0 Å². The van der Waals surface area contributed by atoms with Gasteiger partial charge in [0.2, 0.25) is 10.0 Å². The number of morpholine rings is 1. The zero-order valence-electron chi connectivity index (χ0n) is 20.8. The minimum atomic E-state index is -3.60. The van der Waals surface area contributed by atoms with Crippen molar-refractivity contribution in [3.8, 4) is 11.4 Å². The Labute approximate surface area is 220 Å². The Morgan fingerprint density at radius 2 is 1.89 bits per heavy atom. The molecule has 1 aromatic carbocycles. The van der Waals surface area contributed by atoms with Crippen LogP contribution in [-0.2, 0) is 20.5 Å². The fraction of sp³-hybridized carbons (Fsp3) is 0.423. The lowest BCUT2D eigenvalue weighted by Crippen LogP contribution is -2.40. The quantitative estimate of drug-likeness (QED) is 0.323. The Kier molecular flexibility index (Phi) is 6.78. The molecular formula is C26H30N6O3S2. The van der Waals surface area contributed by atoms with Gasteiger partial charge in [-0.25, -0.2) is 13.4 Å². The van der Waals surface area contributed by atoms with Crippen LogP contribution in [0, 0.1) is 6.92 Å². The summed E-state index contributed by atoms with van der Waals surface area (Å²) < 4.78 is 37.7. The number of sulfonamides is 1. The van der Waals surface area contributed by atoms with Crippen LogP contribution < -0.4 is 0 Å². The Balaban J connectivity index is 1.31. The number of imidazole rings is 1. The molecule has 0 spiro atoms. The summed E-state index contributed by atoms with van der Waals surface area (Å²) >= 11 is 1.63. The van der Waals surface area contributed by atoms with E-state index in [1.165, 1.54) is 17.1 Å². The molecule has 0 unspecified atom stereocenters. The van der Waals surface area contributed by atoms with Crippen molar-refractivity contribution in [3.63, 3.8) is 0 Å². The fourth-order valence-corrected chi connectivity index (χ4v) is 7.55. The second kappa shape index (κ2) is 10.2. The maximum Gasteiger partial charge on any atom is 0.243 e. The van der Waals surface area contributed by atoms with Gasteiger partial charge >= 0.3 is 0 Å². The third-order valence-electron chi connectivity index (χ3n) is 7.13. The van der Waals surface area contributed by atoms with Crippen molar-refractivity contribution in [2.24, 2.45) is 0 Å². The van der Waals surface area contributed by atoms with Crippen LogP contribution >= 0.6 is 11.8 Å². The summed E-state index contributed by atoms with van der Waals surface area (Å²) in [4.78, 5) is 5.09. The molecule has 11 heteroatoms. The average Bonchev–Trinajstić information content (AvgIpc) is 3.68. The first-order chi connectivity index (χ1) is 18.0. The van der Waals surface area contributed by atoms with E-state index in [9.17, 15) is 8.42 Å². The van der Waals surface area contributed by atoms with Crippen LogP contribution in [0.2, 0.25) is 0 Å². The molecule has 9 nitrogen and oxygen atoms in total. The predicted molar refractivity (Wildman–Crippen MR) is 142 cm³/mol. The highest BCUT2D eigenvalue weighted by Crippen LogP contribution is 2.37. The summed E-state index contributed by atoms with van der Waals surface area (Å²) in [6.45, 7) is 3.64. The first-order valence-corrected chi connectivity index (χ1v) is 15.1. The average molecular weight is 539 g/mol. The molecule has 1 saturated heterocycles. The number of benzene rings is 1. The molecule has 0 bridgehead atoms. The number of ether oxygens (including phenoxy) is 1. The van der Waals surface area contributed by atoms with E-state index in [0.29, 0.717) is 38.1 Å². The SMILES string of the molecule is Cc1cccn2cc(CSc3nnc(-c4cccc(S(=O)(=O)N5CCOCC5)c4)n3C3CCCC3)nc12. The van der Waals surface area contributed by atoms with Crippen molar-refractivity contribution < 1.29 is 13.2 Å². The minimum absolute atomic E-state index is 0.280. The topological polar surface area (TPSA) is 94.6 Å². The molecule has 4 aromatic rings. The van der Waals surface area contributed by atoms with Crippen LogP contribution in [0.4, 0.5) is 0 Å². The standard InChI is InChI=1S/C26H30N6O3S2/c1-19-6-5-11-30-17-21(27-24(19)30)18-36-26-29-28-25(32(26)22-8-2-3-9-22)20-7-4-10-23(16-20)37(33,34)31-12-14-35-15-13-31/h4-7,10-11,16-17,22H,2-3,8-9,12-15,18H2,1H3. The molecule has 1 aliphatic carbocycles. The molecule has 194 valence electrons. The molecule has 1 saturated carbocycles. The minimum Gasteiger partial charge on any atom is -0.379 e. The summed E-state index contributed by atoms with van der Waals surface area (Å²) in [5.74, 6) is 1.40. The second-order valence-corrected chi connectivity index (χ2v) is 12.5. The summed E-state index contributed by atoms with van der Waals surface area (Å²) in [6.07, 6.45) is 8.55. The number of rotatable bonds is 7. The maximum atomic E-state index is 13.3. The van der Waals surface area contributed by atoms with Crippen molar-refractivity contribution in [1.82, 2.24) is 28.5 Å². The summed E-state index contributed by atoms with van der Waals surface area (Å²) in [5.41, 5.74) is 3.86. The van der Waals surface area contributed by atoms with Gasteiger partial charge in [0.15, 0.2) is 11.0 Å². The van der Waals surface area contributed by atoms with Crippen LogP contribution in [0.15, 0.2) is 58.8 Å². The molecule has 1 aliphatic heterocycles. The van der Waals surface area contributed by atoms with Gasteiger partial charge in [0, 0.05) is 42.8 Å². The van der Waals surface area contributed by atoms with Crippen LogP contribution in [0.1, 0.15) is 43.0 Å². The number of thioether (sulfide) groups is 1. The van der Waals surface area contributed by atoms with Crippen molar-refractivity contribution >= 4 is 27.4 Å². The largest absolute Gasteiger partial charge is 0.379 e. The molecule has 37 heavy (non-hydrogen) atoms. The third-order valence-corrected chi connectivity index (χ3v) is 10.0. The lowest BCUT2D eigenvalue weighted by Gasteiger charge is -2.26. The van der Waals surface area contributed by atoms with E-state index in [0.717, 1.165) is 46.3 Å². The lowest BCUT2D eigenvalue weighted by molar-refractivity contribution is 0.0730. The van der Waals surface area contributed by atoms with Gasteiger partial charge in [-0.1, -0.05) is 42.8 Å². The maximum absolute atomic E-state index is 13.3. The fourth-order valence-electron chi connectivity index (χ4n) is 5.21. The molecule has 0 atom stereocenters. The Hall–Kier alpha value is -2.73. The molecule has 2 fully saturated rings. The summed E-state index contributed by atoms with van der Waals surface area (Å²) in [5, 5.41) is 9.99. The highest BCUT2D eigenvalue weighted by atomic mass is 32.2. The zero-order valence-corrected chi connectivity index (χ0v) is 22.4. The Morgan fingerprint density at radius 3 is 2.68 bits per heavy atom. The van der Waals surface area contributed by atoms with E-state index >= 15 is 0 Å². The molecule has 3 aromatic heterocycles. The molecular weight excluding hydrogens is 508 g/mol. The molecule has 4 heterocycles. The lowest BCUT2D eigenvalue weighted by atomic mass is 10.2. The van der Waals surface area contributed by atoms with Gasteiger partial charge in [-0.2, -0.15) is 4.31 Å². The summed E-state index contributed by atoms with van der Waals surface area (Å²) in [6, 6.07) is 11.5. The number of nitrogens with zero attached hydrogens (tertiary/aromatic N) is 6. The van der Waals surface area contributed by atoms with Gasteiger partial charge in [0.25, 0.3) is 0 Å². The second-order valence-electron chi connectivity index (χ2n) is 9.60. The van der Waals surface area contributed by atoms with Crippen molar-refractivity contribution in [3.05, 3.63) is 60.0 Å². The highest BCUT2D eigenvalue weighted by Gasteiger charge is 2.29. The predicted octanol–water partition coefficient (Wildman–Crippen LogP) is 4.33. The van der Waals surface area contributed by atoms with Crippen molar-refractivity contribution in [2.45, 2.75) is 54.5 Å². The van der Waals surface area contributed by atoms with E-state index in [4.69, 9.17) is 9.72 Å². The zero-order chi connectivity index (χ0) is 25.4.